The molecule has 1 N–H and O–H groups in total. The Labute approximate surface area is 300 Å². The minimum atomic E-state index is -4.34. The van der Waals surface area contributed by atoms with E-state index in [2.05, 4.69) is 5.32 Å². The molecule has 1 aliphatic carbocycles. The second-order valence-electron chi connectivity index (χ2n) is 12.5. The smallest absolute Gasteiger partial charge is 0.264 e. The van der Waals surface area contributed by atoms with Crippen molar-refractivity contribution < 1.29 is 27.5 Å². The van der Waals surface area contributed by atoms with Gasteiger partial charge in [-0.05, 0) is 61.2 Å². The number of ether oxygens (including phenoxy) is 2. The molecular weight excluding hydrogens is 674 g/mol. The molecule has 0 aromatic heterocycles. The Morgan fingerprint density at radius 1 is 0.880 bits per heavy atom. The number of hydrogen-bond acceptors (Lipinski definition) is 6. The predicted octanol–water partition coefficient (Wildman–Crippen LogP) is 6.95. The molecule has 9 nitrogen and oxygen atoms in total. The van der Waals surface area contributed by atoms with Crippen molar-refractivity contribution in [3.8, 4) is 11.5 Å². The lowest BCUT2D eigenvalue weighted by Gasteiger charge is -2.35. The van der Waals surface area contributed by atoms with E-state index in [-0.39, 0.29) is 41.2 Å². The summed E-state index contributed by atoms with van der Waals surface area (Å²) in [5.41, 5.74) is 2.47. The molecule has 2 amide bonds. The van der Waals surface area contributed by atoms with Gasteiger partial charge in [0, 0.05) is 30.1 Å². The van der Waals surface area contributed by atoms with Crippen molar-refractivity contribution in [2.75, 3.05) is 25.1 Å². The molecule has 5 rings (SSSR count). The highest BCUT2D eigenvalue weighted by Gasteiger charge is 2.36. The lowest BCUT2D eigenvalue weighted by atomic mass is 9.94. The van der Waals surface area contributed by atoms with E-state index in [0.717, 1.165) is 47.5 Å². The highest BCUT2D eigenvalue weighted by atomic mass is 35.5. The summed E-state index contributed by atoms with van der Waals surface area (Å²) in [5, 5.41) is 3.65. The number of hydrogen-bond donors (Lipinski definition) is 1. The maximum absolute atomic E-state index is 14.9. The Hall–Kier alpha value is -4.54. The molecule has 0 saturated heterocycles. The van der Waals surface area contributed by atoms with Gasteiger partial charge in [-0.3, -0.25) is 13.9 Å². The normalized spacial score (nSPS) is 14.0. The highest BCUT2D eigenvalue weighted by molar-refractivity contribution is 7.92. The minimum Gasteiger partial charge on any atom is -0.497 e. The molecule has 1 fully saturated rings. The summed E-state index contributed by atoms with van der Waals surface area (Å²) in [6, 6.07) is 26.8. The average molecular weight is 718 g/mol. The van der Waals surface area contributed by atoms with E-state index in [1.165, 1.54) is 37.3 Å². The summed E-state index contributed by atoms with van der Waals surface area (Å²) >= 11 is 6.64. The van der Waals surface area contributed by atoms with Crippen LogP contribution in [0.25, 0.3) is 0 Å². The van der Waals surface area contributed by atoms with Crippen molar-refractivity contribution in [2.45, 2.75) is 69.0 Å². The number of benzene rings is 4. The van der Waals surface area contributed by atoms with E-state index >= 15 is 0 Å². The highest BCUT2D eigenvalue weighted by Crippen LogP contribution is 2.36. The number of sulfonamides is 1. The zero-order chi connectivity index (χ0) is 35.7. The summed E-state index contributed by atoms with van der Waals surface area (Å²) in [5.74, 6) is -0.292. The van der Waals surface area contributed by atoms with Crippen LogP contribution in [0.1, 0.15) is 48.8 Å². The molecular formula is C39H44ClN3O6S. The largest absolute Gasteiger partial charge is 0.497 e. The molecule has 4 aromatic carbocycles. The van der Waals surface area contributed by atoms with Crippen molar-refractivity contribution in [2.24, 2.45) is 0 Å². The van der Waals surface area contributed by atoms with Gasteiger partial charge in [-0.25, -0.2) is 8.42 Å². The molecule has 0 heterocycles. The van der Waals surface area contributed by atoms with Gasteiger partial charge in [-0.1, -0.05) is 97.1 Å². The van der Waals surface area contributed by atoms with Crippen LogP contribution >= 0.6 is 11.6 Å². The number of aryl methyl sites for hydroxylation is 1. The number of nitrogens with zero attached hydrogens (tertiary/aromatic N) is 2. The minimum absolute atomic E-state index is 0.00527. The van der Waals surface area contributed by atoms with E-state index in [1.807, 2.05) is 43.3 Å². The van der Waals surface area contributed by atoms with Crippen molar-refractivity contribution in [3.05, 3.63) is 119 Å². The molecule has 11 heteroatoms. The molecule has 0 radical (unpaired) electrons. The number of halogens is 1. The third-order valence-corrected chi connectivity index (χ3v) is 11.2. The summed E-state index contributed by atoms with van der Waals surface area (Å²) < 4.78 is 41.1. The lowest BCUT2D eigenvalue weighted by molar-refractivity contribution is -0.140. The number of carbonyl (C=O) groups excluding carboxylic acids is 2. The third kappa shape index (κ3) is 8.97. The molecule has 0 unspecified atom stereocenters. The molecule has 0 spiro atoms. The number of anilines is 1. The molecule has 1 atom stereocenters. The first-order valence-electron chi connectivity index (χ1n) is 16.8. The Balaban J connectivity index is 1.62. The van der Waals surface area contributed by atoms with Crippen molar-refractivity contribution >= 4 is 39.1 Å². The van der Waals surface area contributed by atoms with Crippen LogP contribution in [0, 0.1) is 6.92 Å². The van der Waals surface area contributed by atoms with Crippen LogP contribution in [0.5, 0.6) is 11.5 Å². The zero-order valence-corrected chi connectivity index (χ0v) is 30.3. The first kappa shape index (κ1) is 36.7. The molecule has 0 aliphatic heterocycles. The number of carbonyl (C=O) groups is 2. The van der Waals surface area contributed by atoms with Gasteiger partial charge in [0.05, 0.1) is 24.8 Å². The van der Waals surface area contributed by atoms with Crippen molar-refractivity contribution in [1.82, 2.24) is 10.2 Å². The first-order chi connectivity index (χ1) is 24.1. The number of nitrogens with one attached hydrogen (secondary N) is 1. The van der Waals surface area contributed by atoms with Crippen LogP contribution in [0.15, 0.2) is 102 Å². The zero-order valence-electron chi connectivity index (χ0n) is 28.7. The van der Waals surface area contributed by atoms with Crippen molar-refractivity contribution in [3.63, 3.8) is 0 Å². The molecule has 264 valence electrons. The summed E-state index contributed by atoms with van der Waals surface area (Å²) in [6.07, 6.45) is 5.09. The molecule has 1 aliphatic rings. The maximum atomic E-state index is 14.9. The van der Waals surface area contributed by atoms with Gasteiger partial charge in [-0.15, -0.1) is 0 Å². The van der Waals surface area contributed by atoms with Gasteiger partial charge in [0.15, 0.2) is 0 Å². The van der Waals surface area contributed by atoms with Gasteiger partial charge in [0.25, 0.3) is 10.0 Å². The maximum Gasteiger partial charge on any atom is 0.264 e. The van der Waals surface area contributed by atoms with Crippen LogP contribution in [-0.4, -0.2) is 58.0 Å². The van der Waals surface area contributed by atoms with Crippen LogP contribution < -0.4 is 19.1 Å². The third-order valence-electron chi connectivity index (χ3n) is 9.06. The van der Waals surface area contributed by atoms with E-state index in [4.69, 9.17) is 21.1 Å². The van der Waals surface area contributed by atoms with Gasteiger partial charge < -0.3 is 19.7 Å². The fourth-order valence-corrected chi connectivity index (χ4v) is 7.86. The van der Waals surface area contributed by atoms with Gasteiger partial charge in [0.1, 0.15) is 24.1 Å². The Kier molecular flexibility index (Phi) is 12.4. The SMILES string of the molecule is COc1ccc(OC)c(N(CC(=O)N(Cc2ccccc2Cl)[C@H](Cc2ccccc2)C(=O)NC2CCCCC2)S(=O)(=O)c2ccc(C)cc2)c1. The van der Waals surface area contributed by atoms with E-state index in [1.54, 1.807) is 42.5 Å². The molecule has 1 saturated carbocycles. The number of amides is 2. The average Bonchev–Trinajstić information content (AvgIpc) is 3.13. The fourth-order valence-electron chi connectivity index (χ4n) is 6.25. The van der Waals surface area contributed by atoms with Gasteiger partial charge in [-0.2, -0.15) is 0 Å². The number of methoxy groups -OCH3 is 2. The quantitative estimate of drug-likeness (QED) is 0.151. The monoisotopic (exact) mass is 717 g/mol. The summed E-state index contributed by atoms with van der Waals surface area (Å²) in [4.78, 5) is 30.7. The summed E-state index contributed by atoms with van der Waals surface area (Å²) in [6.45, 7) is 1.20. The van der Waals surface area contributed by atoms with Gasteiger partial charge in [0.2, 0.25) is 11.8 Å². The molecule has 4 aromatic rings. The van der Waals surface area contributed by atoms with Crippen LogP contribution in [0.2, 0.25) is 5.02 Å². The van der Waals surface area contributed by atoms with Gasteiger partial charge >= 0.3 is 0 Å². The van der Waals surface area contributed by atoms with Crippen LogP contribution in [0.3, 0.4) is 0 Å². The van der Waals surface area contributed by atoms with Crippen LogP contribution in [-0.2, 0) is 32.6 Å². The van der Waals surface area contributed by atoms with E-state index in [0.29, 0.717) is 16.3 Å². The standard InChI is InChI=1S/C39H44ClN3O6S/c1-28-18-21-33(22-19-28)50(46,47)43(35-25-32(48-2)20-23-37(35)49-3)27-38(44)42(26-30-14-10-11-17-34(30)40)36(24-29-12-6-4-7-13-29)39(45)41-31-15-8-5-9-16-31/h4,6-7,10-14,17-23,25,31,36H,5,8-9,15-16,24,26-27H2,1-3H3,(H,41,45)/t36-/m1/s1. The topological polar surface area (TPSA) is 105 Å². The summed E-state index contributed by atoms with van der Waals surface area (Å²) in [7, 11) is -1.44. The number of rotatable bonds is 14. The van der Waals surface area contributed by atoms with Crippen molar-refractivity contribution in [1.29, 1.82) is 0 Å². The molecule has 50 heavy (non-hydrogen) atoms. The second-order valence-corrected chi connectivity index (χ2v) is 14.8. The molecule has 0 bridgehead atoms. The first-order valence-corrected chi connectivity index (χ1v) is 18.6. The Morgan fingerprint density at radius 2 is 1.56 bits per heavy atom. The second kappa shape index (κ2) is 16.9. The van der Waals surface area contributed by atoms with E-state index in [9.17, 15) is 18.0 Å². The van der Waals surface area contributed by atoms with E-state index < -0.39 is 28.5 Å². The predicted molar refractivity (Wildman–Crippen MR) is 196 cm³/mol. The van der Waals surface area contributed by atoms with Crippen LogP contribution in [0.4, 0.5) is 5.69 Å². The Bertz CT molecular complexity index is 1860. The fraction of sp³-hybridized carbons (Fsp3) is 0.333. The Morgan fingerprint density at radius 3 is 2.22 bits per heavy atom. The lowest BCUT2D eigenvalue weighted by Crippen LogP contribution is -2.55.